The predicted molar refractivity (Wildman–Crippen MR) is 64.8 cm³/mol. The molecule has 0 amide bonds. The average Bonchev–Trinajstić information content (AvgIpc) is 2.52. The summed E-state index contributed by atoms with van der Waals surface area (Å²) in [5.74, 6) is 0.401. The molecule has 4 unspecified atom stereocenters. The highest BCUT2D eigenvalue weighted by Crippen LogP contribution is 2.23. The Morgan fingerprint density at radius 3 is 2.62 bits per heavy atom. The van der Waals surface area contributed by atoms with Gasteiger partial charge < -0.3 is 10.4 Å². The van der Waals surface area contributed by atoms with Gasteiger partial charge in [0.05, 0.1) is 12.0 Å². The van der Waals surface area contributed by atoms with Crippen LogP contribution < -0.4 is 5.32 Å². The van der Waals surface area contributed by atoms with E-state index < -0.39 is 0 Å². The number of aliphatic hydroxyl groups is 1. The number of nitriles is 1. The second-order valence-corrected chi connectivity index (χ2v) is 5.10. The van der Waals surface area contributed by atoms with E-state index in [0.29, 0.717) is 6.04 Å². The fourth-order valence-corrected chi connectivity index (χ4v) is 2.32. The van der Waals surface area contributed by atoms with Gasteiger partial charge in [-0.1, -0.05) is 26.2 Å². The van der Waals surface area contributed by atoms with Crippen LogP contribution in [-0.4, -0.2) is 23.8 Å². The second kappa shape index (κ2) is 6.88. The van der Waals surface area contributed by atoms with Crippen LogP contribution in [0.5, 0.6) is 0 Å². The molecular formula is C13H24N2O. The van der Waals surface area contributed by atoms with Crippen LogP contribution in [0.4, 0.5) is 0 Å². The Morgan fingerprint density at radius 2 is 2.00 bits per heavy atom. The van der Waals surface area contributed by atoms with Crippen molar-refractivity contribution in [2.45, 2.75) is 58.0 Å². The van der Waals surface area contributed by atoms with Crippen molar-refractivity contribution in [3.63, 3.8) is 0 Å². The van der Waals surface area contributed by atoms with Gasteiger partial charge in [-0.2, -0.15) is 5.26 Å². The van der Waals surface area contributed by atoms with E-state index in [1.54, 1.807) is 0 Å². The number of nitrogens with one attached hydrogen (secondary N) is 1. The van der Waals surface area contributed by atoms with E-state index in [2.05, 4.69) is 18.3 Å². The molecule has 0 bridgehead atoms. The molecular weight excluding hydrogens is 200 g/mol. The Kier molecular flexibility index (Phi) is 5.79. The zero-order chi connectivity index (χ0) is 12.0. The summed E-state index contributed by atoms with van der Waals surface area (Å²) in [6, 6.07) is 3.03. The minimum atomic E-state index is 0.149. The highest BCUT2D eigenvalue weighted by Gasteiger charge is 2.25. The van der Waals surface area contributed by atoms with E-state index in [9.17, 15) is 0 Å². The second-order valence-electron chi connectivity index (χ2n) is 5.10. The lowest BCUT2D eigenvalue weighted by molar-refractivity contribution is 0.194. The molecule has 4 atom stereocenters. The molecule has 0 aromatic rings. The molecule has 1 aliphatic rings. The van der Waals surface area contributed by atoms with E-state index in [1.165, 1.54) is 19.3 Å². The van der Waals surface area contributed by atoms with Crippen LogP contribution in [0.1, 0.15) is 46.0 Å². The normalized spacial score (nSPS) is 30.1. The Bertz CT molecular complexity index is 237. The summed E-state index contributed by atoms with van der Waals surface area (Å²) < 4.78 is 0. The lowest BCUT2D eigenvalue weighted by Crippen LogP contribution is -2.44. The summed E-state index contributed by atoms with van der Waals surface area (Å²) in [5.41, 5.74) is 0. The van der Waals surface area contributed by atoms with Crippen LogP contribution >= 0.6 is 0 Å². The van der Waals surface area contributed by atoms with Gasteiger partial charge in [0, 0.05) is 18.7 Å². The molecule has 0 aliphatic heterocycles. The largest absolute Gasteiger partial charge is 0.396 e. The monoisotopic (exact) mass is 224 g/mol. The van der Waals surface area contributed by atoms with Crippen molar-refractivity contribution >= 4 is 0 Å². The number of hydrogen-bond donors (Lipinski definition) is 2. The third-order valence-electron chi connectivity index (χ3n) is 3.80. The van der Waals surface area contributed by atoms with E-state index in [-0.39, 0.29) is 24.5 Å². The van der Waals surface area contributed by atoms with Crippen LogP contribution in [-0.2, 0) is 0 Å². The average molecular weight is 224 g/mol. The highest BCUT2D eigenvalue weighted by atomic mass is 16.3. The standard InChI is InChI=1S/C13H24N2O/c1-10(9-16)11(2)15-13-7-5-3-4-6-12(13)8-14/h10-13,15-16H,3-7,9H2,1-2H3. The molecule has 3 heteroatoms. The van der Waals surface area contributed by atoms with E-state index in [4.69, 9.17) is 10.4 Å². The van der Waals surface area contributed by atoms with Crippen molar-refractivity contribution < 1.29 is 5.11 Å². The molecule has 0 aromatic heterocycles. The van der Waals surface area contributed by atoms with Crippen LogP contribution in [0.2, 0.25) is 0 Å². The summed E-state index contributed by atoms with van der Waals surface area (Å²) in [5, 5.41) is 21.8. The molecule has 3 nitrogen and oxygen atoms in total. The van der Waals surface area contributed by atoms with Gasteiger partial charge in [0.2, 0.25) is 0 Å². The van der Waals surface area contributed by atoms with Crippen molar-refractivity contribution in [3.05, 3.63) is 0 Å². The number of aliphatic hydroxyl groups excluding tert-OH is 1. The Labute approximate surface area is 98.8 Å². The molecule has 1 saturated carbocycles. The summed E-state index contributed by atoms with van der Waals surface area (Å²) in [4.78, 5) is 0. The van der Waals surface area contributed by atoms with Gasteiger partial charge in [-0.05, 0) is 25.7 Å². The van der Waals surface area contributed by atoms with Gasteiger partial charge in [0.1, 0.15) is 0 Å². The number of hydrogen-bond acceptors (Lipinski definition) is 3. The smallest absolute Gasteiger partial charge is 0.0672 e. The fraction of sp³-hybridized carbons (Fsp3) is 0.923. The third-order valence-corrected chi connectivity index (χ3v) is 3.80. The zero-order valence-electron chi connectivity index (χ0n) is 10.4. The van der Waals surface area contributed by atoms with Crippen molar-refractivity contribution in [2.24, 2.45) is 11.8 Å². The molecule has 0 spiro atoms. The van der Waals surface area contributed by atoms with Gasteiger partial charge >= 0.3 is 0 Å². The molecule has 1 aliphatic carbocycles. The van der Waals surface area contributed by atoms with Gasteiger partial charge in [-0.3, -0.25) is 0 Å². The molecule has 0 heterocycles. The van der Waals surface area contributed by atoms with Crippen LogP contribution in [0.25, 0.3) is 0 Å². The summed E-state index contributed by atoms with van der Waals surface area (Å²) >= 11 is 0. The first-order valence-electron chi connectivity index (χ1n) is 6.45. The molecule has 0 saturated heterocycles. The maximum atomic E-state index is 9.16. The summed E-state index contributed by atoms with van der Waals surface area (Å²) in [6.45, 7) is 4.34. The zero-order valence-corrected chi connectivity index (χ0v) is 10.4. The van der Waals surface area contributed by atoms with Gasteiger partial charge in [0.25, 0.3) is 0 Å². The Hall–Kier alpha value is -0.590. The van der Waals surface area contributed by atoms with Crippen molar-refractivity contribution in [3.8, 4) is 6.07 Å². The summed E-state index contributed by atoms with van der Waals surface area (Å²) in [6.07, 6.45) is 5.77. The Balaban J connectivity index is 2.52. The van der Waals surface area contributed by atoms with Crippen molar-refractivity contribution in [1.82, 2.24) is 5.32 Å². The van der Waals surface area contributed by atoms with Crippen molar-refractivity contribution in [1.29, 1.82) is 5.26 Å². The number of nitrogens with zero attached hydrogens (tertiary/aromatic N) is 1. The SMILES string of the molecule is CC(CO)C(C)NC1CCCCCC1C#N. The van der Waals surface area contributed by atoms with Crippen LogP contribution in [0.3, 0.4) is 0 Å². The van der Waals surface area contributed by atoms with Crippen molar-refractivity contribution in [2.75, 3.05) is 6.61 Å². The maximum Gasteiger partial charge on any atom is 0.0672 e. The van der Waals surface area contributed by atoms with E-state index in [1.807, 2.05) is 6.92 Å². The number of rotatable bonds is 4. The lowest BCUT2D eigenvalue weighted by Gasteiger charge is -2.28. The van der Waals surface area contributed by atoms with Gasteiger partial charge in [0.15, 0.2) is 0 Å². The molecule has 0 radical (unpaired) electrons. The fourth-order valence-electron chi connectivity index (χ4n) is 2.32. The maximum absolute atomic E-state index is 9.16. The topological polar surface area (TPSA) is 56.0 Å². The van der Waals surface area contributed by atoms with Gasteiger partial charge in [-0.15, -0.1) is 0 Å². The molecule has 2 N–H and O–H groups in total. The van der Waals surface area contributed by atoms with E-state index >= 15 is 0 Å². The first kappa shape index (κ1) is 13.5. The molecule has 0 aromatic carbocycles. The Morgan fingerprint density at radius 1 is 1.31 bits per heavy atom. The van der Waals surface area contributed by atoms with Crippen LogP contribution in [0, 0.1) is 23.2 Å². The summed E-state index contributed by atoms with van der Waals surface area (Å²) in [7, 11) is 0. The molecule has 1 fully saturated rings. The molecule has 92 valence electrons. The third kappa shape index (κ3) is 3.77. The first-order chi connectivity index (χ1) is 7.69. The van der Waals surface area contributed by atoms with E-state index in [0.717, 1.165) is 12.8 Å². The van der Waals surface area contributed by atoms with Crippen LogP contribution in [0.15, 0.2) is 0 Å². The predicted octanol–water partition coefficient (Wildman–Crippen LogP) is 2.07. The minimum absolute atomic E-state index is 0.149. The first-order valence-corrected chi connectivity index (χ1v) is 6.45. The lowest BCUT2D eigenvalue weighted by atomic mass is 9.94. The molecule has 16 heavy (non-hydrogen) atoms. The molecule has 1 rings (SSSR count). The highest BCUT2D eigenvalue weighted by molar-refractivity contribution is 4.94. The quantitative estimate of drug-likeness (QED) is 0.719. The van der Waals surface area contributed by atoms with Gasteiger partial charge in [-0.25, -0.2) is 0 Å². The minimum Gasteiger partial charge on any atom is -0.396 e.